The molecule has 0 saturated heterocycles. The Bertz CT molecular complexity index is 166. The van der Waals surface area contributed by atoms with Gasteiger partial charge in [-0.2, -0.15) is 0 Å². The first-order valence-electron chi connectivity index (χ1n) is 7.16. The predicted molar refractivity (Wildman–Crippen MR) is 71.0 cm³/mol. The van der Waals surface area contributed by atoms with Gasteiger partial charge < -0.3 is 0 Å². The van der Waals surface area contributed by atoms with Gasteiger partial charge in [0.1, 0.15) is 0 Å². The smallest absolute Gasteiger partial charge is 0.0479 e. The lowest BCUT2D eigenvalue weighted by Crippen LogP contribution is -2.30. The first kappa shape index (κ1) is 11.7. The highest BCUT2D eigenvalue weighted by atomic mass is 28.3. The second-order valence-corrected chi connectivity index (χ2v) is 12.0. The molecular formula is C14H28Si. The van der Waals surface area contributed by atoms with Crippen LogP contribution in [-0.4, -0.2) is 8.07 Å². The molecular weight excluding hydrogens is 196 g/mol. The molecule has 2 rings (SSSR count). The minimum Gasteiger partial charge on any atom is -0.0693 e. The fourth-order valence-corrected chi connectivity index (χ4v) is 8.18. The molecule has 0 nitrogen and oxygen atoms in total. The normalized spacial score (nSPS) is 25.2. The van der Waals surface area contributed by atoms with E-state index in [1.165, 1.54) is 25.7 Å². The molecule has 0 aromatic carbocycles. The average Bonchev–Trinajstić information content (AvgIpc) is 2.75. The van der Waals surface area contributed by atoms with E-state index in [2.05, 4.69) is 13.1 Å². The van der Waals surface area contributed by atoms with Crippen LogP contribution in [0.4, 0.5) is 0 Å². The van der Waals surface area contributed by atoms with Gasteiger partial charge in [-0.25, -0.2) is 0 Å². The van der Waals surface area contributed by atoms with E-state index in [1.807, 2.05) is 0 Å². The molecule has 2 saturated carbocycles. The number of rotatable bonds is 4. The van der Waals surface area contributed by atoms with E-state index in [9.17, 15) is 0 Å². The van der Waals surface area contributed by atoms with Crippen LogP contribution in [-0.2, 0) is 0 Å². The summed E-state index contributed by atoms with van der Waals surface area (Å²) < 4.78 is 0. The van der Waals surface area contributed by atoms with Gasteiger partial charge in [0.15, 0.2) is 0 Å². The van der Waals surface area contributed by atoms with Crippen molar-refractivity contribution < 1.29 is 0 Å². The van der Waals surface area contributed by atoms with Crippen molar-refractivity contribution >= 4 is 8.07 Å². The summed E-state index contributed by atoms with van der Waals surface area (Å²) in [5.41, 5.74) is 0. The van der Waals surface area contributed by atoms with Gasteiger partial charge in [-0.1, -0.05) is 76.5 Å². The van der Waals surface area contributed by atoms with Crippen LogP contribution in [0, 0.1) is 11.8 Å². The summed E-state index contributed by atoms with van der Waals surface area (Å²) in [4.78, 5) is 0. The number of hydrogen-bond acceptors (Lipinski definition) is 0. The molecule has 88 valence electrons. The highest BCUT2D eigenvalue weighted by Gasteiger charge is 2.30. The molecule has 0 spiro atoms. The summed E-state index contributed by atoms with van der Waals surface area (Å²) in [7, 11) is -0.833. The molecule has 0 atom stereocenters. The summed E-state index contributed by atoms with van der Waals surface area (Å²) in [6.45, 7) is 5.31. The molecule has 0 bridgehead atoms. The Balaban J connectivity index is 1.76. The van der Waals surface area contributed by atoms with Gasteiger partial charge in [0.05, 0.1) is 0 Å². The second kappa shape index (κ2) is 5.03. The van der Waals surface area contributed by atoms with Crippen LogP contribution < -0.4 is 0 Å². The molecule has 1 heteroatoms. The minimum absolute atomic E-state index is 0.833. The zero-order valence-corrected chi connectivity index (χ0v) is 11.7. The summed E-state index contributed by atoms with van der Waals surface area (Å²) in [5.74, 6) is 2.26. The maximum Gasteiger partial charge on any atom is 0.0479 e. The van der Waals surface area contributed by atoms with Crippen molar-refractivity contribution in [1.29, 1.82) is 0 Å². The van der Waals surface area contributed by atoms with Gasteiger partial charge in [0.2, 0.25) is 0 Å². The quantitative estimate of drug-likeness (QED) is 0.585. The number of hydrogen-bond donors (Lipinski definition) is 0. The predicted octanol–water partition coefficient (Wildman–Crippen LogP) is 5.08. The molecule has 0 aromatic rings. The fraction of sp³-hybridized carbons (Fsp3) is 1.00. The van der Waals surface area contributed by atoms with Gasteiger partial charge >= 0.3 is 0 Å². The van der Waals surface area contributed by atoms with Crippen molar-refractivity contribution in [3.05, 3.63) is 0 Å². The summed E-state index contributed by atoms with van der Waals surface area (Å²) >= 11 is 0. The molecule has 0 aliphatic heterocycles. The average molecular weight is 224 g/mol. The molecule has 0 aromatic heterocycles. The maximum atomic E-state index is 2.66. The maximum absolute atomic E-state index is 2.66. The highest BCUT2D eigenvalue weighted by Crippen LogP contribution is 2.38. The van der Waals surface area contributed by atoms with E-state index >= 15 is 0 Å². The molecule has 0 unspecified atom stereocenters. The zero-order valence-electron chi connectivity index (χ0n) is 10.7. The van der Waals surface area contributed by atoms with Crippen molar-refractivity contribution in [3.8, 4) is 0 Å². The SMILES string of the molecule is C[Si](C)(CC1CCCC1)CC1CCCC1. The second-order valence-electron chi connectivity index (χ2n) is 6.87. The van der Waals surface area contributed by atoms with E-state index in [1.54, 1.807) is 37.8 Å². The first-order chi connectivity index (χ1) is 7.16. The molecule has 0 N–H and O–H groups in total. The van der Waals surface area contributed by atoms with Crippen LogP contribution in [0.3, 0.4) is 0 Å². The summed E-state index contributed by atoms with van der Waals surface area (Å²) in [6, 6.07) is 3.28. The lowest BCUT2D eigenvalue weighted by atomic mass is 10.1. The highest BCUT2D eigenvalue weighted by molar-refractivity contribution is 6.77. The van der Waals surface area contributed by atoms with E-state index in [0.29, 0.717) is 0 Å². The fourth-order valence-electron chi connectivity index (χ4n) is 4.08. The molecule has 0 radical (unpaired) electrons. The van der Waals surface area contributed by atoms with E-state index < -0.39 is 8.07 Å². The van der Waals surface area contributed by atoms with Crippen molar-refractivity contribution in [2.24, 2.45) is 11.8 Å². The Morgan fingerprint density at radius 2 is 1.07 bits per heavy atom. The van der Waals surface area contributed by atoms with Gasteiger partial charge in [-0.05, 0) is 11.8 Å². The van der Waals surface area contributed by atoms with Crippen LogP contribution in [0.15, 0.2) is 0 Å². The molecule has 15 heavy (non-hydrogen) atoms. The van der Waals surface area contributed by atoms with E-state index in [0.717, 1.165) is 11.8 Å². The first-order valence-corrected chi connectivity index (χ1v) is 10.6. The minimum atomic E-state index is -0.833. The Hall–Kier alpha value is 0.217. The van der Waals surface area contributed by atoms with Crippen LogP contribution in [0.25, 0.3) is 0 Å². The molecule has 2 fully saturated rings. The van der Waals surface area contributed by atoms with Gasteiger partial charge in [0, 0.05) is 8.07 Å². The molecule has 2 aliphatic rings. The Labute approximate surface area is 96.9 Å². The standard InChI is InChI=1S/C14H28Si/c1-15(2,11-13-7-3-4-8-13)12-14-9-5-6-10-14/h13-14H,3-12H2,1-2H3. The molecule has 2 aliphatic carbocycles. The van der Waals surface area contributed by atoms with Crippen LogP contribution in [0.1, 0.15) is 51.4 Å². The third kappa shape index (κ3) is 3.62. The molecule has 0 heterocycles. The van der Waals surface area contributed by atoms with Gasteiger partial charge in [0.25, 0.3) is 0 Å². The monoisotopic (exact) mass is 224 g/mol. The largest absolute Gasteiger partial charge is 0.0693 e. The van der Waals surface area contributed by atoms with Crippen molar-refractivity contribution in [2.75, 3.05) is 0 Å². The third-order valence-electron chi connectivity index (χ3n) is 4.63. The van der Waals surface area contributed by atoms with Gasteiger partial charge in [-0.3, -0.25) is 0 Å². The van der Waals surface area contributed by atoms with E-state index in [-0.39, 0.29) is 0 Å². The Morgan fingerprint density at radius 3 is 1.40 bits per heavy atom. The third-order valence-corrected chi connectivity index (χ3v) is 8.00. The molecule has 0 amide bonds. The van der Waals surface area contributed by atoms with Crippen LogP contribution >= 0.6 is 0 Å². The Morgan fingerprint density at radius 1 is 0.733 bits per heavy atom. The van der Waals surface area contributed by atoms with Crippen LogP contribution in [0.2, 0.25) is 25.2 Å². The van der Waals surface area contributed by atoms with Crippen molar-refractivity contribution in [3.63, 3.8) is 0 Å². The zero-order chi connectivity index (χ0) is 10.7. The van der Waals surface area contributed by atoms with Gasteiger partial charge in [-0.15, -0.1) is 0 Å². The van der Waals surface area contributed by atoms with Crippen molar-refractivity contribution in [2.45, 2.75) is 76.5 Å². The Kier molecular flexibility index (Phi) is 3.92. The summed E-state index contributed by atoms with van der Waals surface area (Å²) in [6.07, 6.45) is 12.3. The summed E-state index contributed by atoms with van der Waals surface area (Å²) in [5, 5.41) is 0. The van der Waals surface area contributed by atoms with Crippen LogP contribution in [0.5, 0.6) is 0 Å². The van der Waals surface area contributed by atoms with E-state index in [4.69, 9.17) is 0 Å². The topological polar surface area (TPSA) is 0 Å². The van der Waals surface area contributed by atoms with Crippen molar-refractivity contribution in [1.82, 2.24) is 0 Å². The lowest BCUT2D eigenvalue weighted by Gasteiger charge is -2.28. The lowest BCUT2D eigenvalue weighted by molar-refractivity contribution is 0.572.